The maximum atomic E-state index is 11.7. The molecule has 0 aliphatic heterocycles. The van der Waals surface area contributed by atoms with Gasteiger partial charge in [-0.3, -0.25) is 10.1 Å². The Morgan fingerprint density at radius 2 is 2.10 bits per heavy atom. The van der Waals surface area contributed by atoms with E-state index in [2.05, 4.69) is 20.8 Å². The summed E-state index contributed by atoms with van der Waals surface area (Å²) in [6, 6.07) is -0.471. The number of carbonyl (C=O) groups excluding carboxylic acids is 2. The highest BCUT2D eigenvalue weighted by molar-refractivity contribution is 7.99. The third-order valence-corrected chi connectivity index (χ3v) is 3.98. The minimum Gasteiger partial charge on any atom is -0.336 e. The van der Waals surface area contributed by atoms with Crippen LogP contribution < -0.4 is 10.6 Å². The Morgan fingerprint density at radius 3 is 2.67 bits per heavy atom. The minimum absolute atomic E-state index is 0.00487. The quantitative estimate of drug-likeness (QED) is 0.777. The van der Waals surface area contributed by atoms with Crippen LogP contribution in [0.2, 0.25) is 0 Å². The van der Waals surface area contributed by atoms with E-state index in [-0.39, 0.29) is 17.7 Å². The first-order valence-electron chi connectivity index (χ1n) is 7.17. The molecule has 0 atom stereocenters. The van der Waals surface area contributed by atoms with Gasteiger partial charge in [0.1, 0.15) is 5.82 Å². The molecular weight excluding hydrogens is 290 g/mol. The molecule has 1 aromatic rings. The van der Waals surface area contributed by atoms with Crippen LogP contribution in [0.5, 0.6) is 0 Å². The predicted octanol–water partition coefficient (Wildman–Crippen LogP) is 1.50. The van der Waals surface area contributed by atoms with Crippen molar-refractivity contribution in [3.8, 4) is 0 Å². The zero-order valence-corrected chi connectivity index (χ0v) is 13.4. The van der Waals surface area contributed by atoms with E-state index >= 15 is 0 Å². The molecule has 8 heteroatoms. The lowest BCUT2D eigenvalue weighted by molar-refractivity contribution is -0.117. The molecule has 1 saturated carbocycles. The van der Waals surface area contributed by atoms with E-state index < -0.39 is 6.03 Å². The SMILES string of the molecule is CCn1c(SCC(=O)NC(=O)NC(C)C)nnc1C1CC1. The van der Waals surface area contributed by atoms with Gasteiger partial charge in [-0.05, 0) is 33.6 Å². The van der Waals surface area contributed by atoms with Crippen molar-refractivity contribution < 1.29 is 9.59 Å². The van der Waals surface area contributed by atoms with Crippen molar-refractivity contribution in [2.24, 2.45) is 0 Å². The normalized spacial score (nSPS) is 14.3. The molecule has 0 aromatic carbocycles. The Labute approximate surface area is 128 Å². The molecule has 1 heterocycles. The molecule has 2 N–H and O–H groups in total. The van der Waals surface area contributed by atoms with Crippen LogP contribution in [-0.2, 0) is 11.3 Å². The number of imide groups is 1. The van der Waals surface area contributed by atoms with Crippen molar-refractivity contribution in [1.29, 1.82) is 0 Å². The van der Waals surface area contributed by atoms with Gasteiger partial charge in [-0.1, -0.05) is 11.8 Å². The monoisotopic (exact) mass is 311 g/mol. The first-order valence-corrected chi connectivity index (χ1v) is 8.16. The number of amides is 3. The van der Waals surface area contributed by atoms with Crippen LogP contribution in [0.3, 0.4) is 0 Å². The summed E-state index contributed by atoms with van der Waals surface area (Å²) < 4.78 is 2.05. The summed E-state index contributed by atoms with van der Waals surface area (Å²) in [4.78, 5) is 23.1. The number of hydrogen-bond donors (Lipinski definition) is 2. The van der Waals surface area contributed by atoms with Gasteiger partial charge in [0.05, 0.1) is 5.75 Å². The Balaban J connectivity index is 1.85. The lowest BCUT2D eigenvalue weighted by Gasteiger charge is -2.09. The van der Waals surface area contributed by atoms with Crippen molar-refractivity contribution >= 4 is 23.7 Å². The fraction of sp³-hybridized carbons (Fsp3) is 0.692. The second-order valence-electron chi connectivity index (χ2n) is 5.32. The van der Waals surface area contributed by atoms with Crippen LogP contribution in [0, 0.1) is 0 Å². The first-order chi connectivity index (χ1) is 10.0. The summed E-state index contributed by atoms with van der Waals surface area (Å²) in [5.74, 6) is 1.35. The van der Waals surface area contributed by atoms with Crippen molar-refractivity contribution in [3.05, 3.63) is 5.82 Å². The first kappa shape index (κ1) is 15.8. The lowest BCUT2D eigenvalue weighted by atomic mass is 10.4. The standard InChI is InChI=1S/C13H21N5O2S/c1-4-18-11(9-5-6-9)16-17-13(18)21-7-10(19)15-12(20)14-8(2)3/h8-9H,4-7H2,1-3H3,(H2,14,15,19,20). The fourth-order valence-electron chi connectivity index (χ4n) is 1.94. The van der Waals surface area contributed by atoms with Crippen LogP contribution in [0.4, 0.5) is 4.79 Å². The number of carbonyl (C=O) groups is 2. The summed E-state index contributed by atoms with van der Waals surface area (Å²) in [6.45, 7) is 6.50. The molecule has 0 radical (unpaired) electrons. The number of aromatic nitrogens is 3. The summed E-state index contributed by atoms with van der Waals surface area (Å²) in [6.07, 6.45) is 2.33. The molecular formula is C13H21N5O2S. The molecule has 0 bridgehead atoms. The van der Waals surface area contributed by atoms with Gasteiger partial charge in [0.2, 0.25) is 5.91 Å². The zero-order valence-electron chi connectivity index (χ0n) is 12.5. The molecule has 1 aliphatic rings. The van der Waals surface area contributed by atoms with E-state index in [4.69, 9.17) is 0 Å². The number of urea groups is 1. The van der Waals surface area contributed by atoms with Gasteiger partial charge in [-0.15, -0.1) is 10.2 Å². The van der Waals surface area contributed by atoms with E-state index in [1.54, 1.807) is 0 Å². The molecule has 21 heavy (non-hydrogen) atoms. The van der Waals surface area contributed by atoms with Crippen LogP contribution in [-0.4, -0.2) is 38.5 Å². The molecule has 7 nitrogen and oxygen atoms in total. The average molecular weight is 311 g/mol. The number of thioether (sulfide) groups is 1. The topological polar surface area (TPSA) is 88.9 Å². The maximum Gasteiger partial charge on any atom is 0.321 e. The molecule has 0 saturated heterocycles. The summed E-state index contributed by atoms with van der Waals surface area (Å²) in [7, 11) is 0. The van der Waals surface area contributed by atoms with E-state index in [9.17, 15) is 9.59 Å². The van der Waals surface area contributed by atoms with Crippen molar-refractivity contribution in [2.45, 2.75) is 57.3 Å². The Kier molecular flexibility index (Phi) is 5.22. The van der Waals surface area contributed by atoms with Crippen LogP contribution in [0.15, 0.2) is 5.16 Å². The molecule has 116 valence electrons. The van der Waals surface area contributed by atoms with Gasteiger partial charge in [0, 0.05) is 18.5 Å². The number of hydrogen-bond acceptors (Lipinski definition) is 5. The van der Waals surface area contributed by atoms with Gasteiger partial charge < -0.3 is 9.88 Å². The van der Waals surface area contributed by atoms with Gasteiger partial charge >= 0.3 is 6.03 Å². The predicted molar refractivity (Wildman–Crippen MR) is 80.2 cm³/mol. The molecule has 1 aromatic heterocycles. The summed E-state index contributed by atoms with van der Waals surface area (Å²) in [5.41, 5.74) is 0. The zero-order chi connectivity index (χ0) is 15.4. The summed E-state index contributed by atoms with van der Waals surface area (Å²) in [5, 5.41) is 14.0. The van der Waals surface area contributed by atoms with Crippen LogP contribution in [0.1, 0.15) is 45.4 Å². The molecule has 1 fully saturated rings. The lowest BCUT2D eigenvalue weighted by Crippen LogP contribution is -2.43. The van der Waals surface area contributed by atoms with Crippen molar-refractivity contribution in [1.82, 2.24) is 25.4 Å². The smallest absolute Gasteiger partial charge is 0.321 e. The van der Waals surface area contributed by atoms with E-state index in [1.807, 2.05) is 25.3 Å². The second-order valence-corrected chi connectivity index (χ2v) is 6.27. The minimum atomic E-state index is -0.466. The summed E-state index contributed by atoms with van der Waals surface area (Å²) >= 11 is 1.30. The van der Waals surface area contributed by atoms with Gasteiger partial charge in [0.25, 0.3) is 0 Å². The van der Waals surface area contributed by atoms with Crippen molar-refractivity contribution in [2.75, 3.05) is 5.75 Å². The number of nitrogens with zero attached hydrogens (tertiary/aromatic N) is 3. The van der Waals surface area contributed by atoms with Gasteiger partial charge in [-0.25, -0.2) is 4.79 Å². The molecule has 0 unspecified atom stereocenters. The van der Waals surface area contributed by atoms with E-state index in [0.29, 0.717) is 5.92 Å². The van der Waals surface area contributed by atoms with Gasteiger partial charge in [-0.2, -0.15) is 0 Å². The van der Waals surface area contributed by atoms with Gasteiger partial charge in [0.15, 0.2) is 5.16 Å². The fourth-order valence-corrected chi connectivity index (χ4v) is 2.75. The Hall–Kier alpha value is -1.57. The molecule has 0 spiro atoms. The van der Waals surface area contributed by atoms with Crippen molar-refractivity contribution in [3.63, 3.8) is 0 Å². The number of rotatable bonds is 6. The molecule has 3 amide bonds. The average Bonchev–Trinajstić information content (AvgIpc) is 3.15. The van der Waals surface area contributed by atoms with E-state index in [1.165, 1.54) is 24.6 Å². The largest absolute Gasteiger partial charge is 0.336 e. The third-order valence-electron chi connectivity index (χ3n) is 3.01. The number of nitrogens with one attached hydrogen (secondary N) is 2. The highest BCUT2D eigenvalue weighted by atomic mass is 32.2. The molecule has 1 aliphatic carbocycles. The highest BCUT2D eigenvalue weighted by Gasteiger charge is 2.30. The Bertz CT molecular complexity index is 525. The van der Waals surface area contributed by atoms with Crippen LogP contribution >= 0.6 is 11.8 Å². The molecule has 2 rings (SSSR count). The van der Waals surface area contributed by atoms with Crippen LogP contribution in [0.25, 0.3) is 0 Å². The second kappa shape index (κ2) is 6.93. The highest BCUT2D eigenvalue weighted by Crippen LogP contribution is 2.39. The Morgan fingerprint density at radius 1 is 1.38 bits per heavy atom. The maximum absolute atomic E-state index is 11.7. The van der Waals surface area contributed by atoms with E-state index in [0.717, 1.165) is 17.5 Å². The third kappa shape index (κ3) is 4.45.